The van der Waals surface area contributed by atoms with E-state index in [1.807, 2.05) is 13.1 Å². The van der Waals surface area contributed by atoms with E-state index in [2.05, 4.69) is 31.0 Å². The van der Waals surface area contributed by atoms with Crippen molar-refractivity contribution in [3.05, 3.63) is 29.6 Å². The summed E-state index contributed by atoms with van der Waals surface area (Å²) in [6.45, 7) is 7.65. The molecule has 2 rings (SSSR count). The standard InChI is InChI=1S/C18H29FN2/c1-13(2)12-21(16-7-5-6-8-16)18-10-9-15(19)11-17(18)14(3)20-4/h9-11,13-14,16,20H,5-8,12H2,1-4H3. The molecule has 1 aromatic carbocycles. The molecule has 0 amide bonds. The molecule has 2 nitrogen and oxygen atoms in total. The largest absolute Gasteiger partial charge is 0.368 e. The quantitative estimate of drug-likeness (QED) is 0.830. The molecule has 21 heavy (non-hydrogen) atoms. The molecule has 1 aliphatic rings. The van der Waals surface area contributed by atoms with Gasteiger partial charge < -0.3 is 10.2 Å². The van der Waals surface area contributed by atoms with Crippen molar-refractivity contribution in [2.24, 2.45) is 5.92 Å². The number of nitrogens with one attached hydrogen (secondary N) is 1. The summed E-state index contributed by atoms with van der Waals surface area (Å²) in [4.78, 5) is 2.53. The van der Waals surface area contributed by atoms with Crippen molar-refractivity contribution >= 4 is 5.69 Å². The Kier molecular flexibility index (Phi) is 5.63. The molecule has 118 valence electrons. The van der Waals surface area contributed by atoms with Gasteiger partial charge in [0.05, 0.1) is 0 Å². The van der Waals surface area contributed by atoms with E-state index in [9.17, 15) is 4.39 Å². The molecule has 1 atom stereocenters. The van der Waals surface area contributed by atoms with E-state index in [0.29, 0.717) is 12.0 Å². The van der Waals surface area contributed by atoms with Crippen LogP contribution in [-0.4, -0.2) is 19.6 Å². The highest BCUT2D eigenvalue weighted by atomic mass is 19.1. The number of anilines is 1. The number of nitrogens with zero attached hydrogens (tertiary/aromatic N) is 1. The molecule has 0 radical (unpaired) electrons. The van der Waals surface area contributed by atoms with Gasteiger partial charge in [-0.3, -0.25) is 0 Å². The number of hydrogen-bond donors (Lipinski definition) is 1. The van der Waals surface area contributed by atoms with E-state index in [0.717, 1.165) is 12.1 Å². The van der Waals surface area contributed by atoms with Crippen LogP contribution in [0.5, 0.6) is 0 Å². The predicted octanol–water partition coefficient (Wildman–Crippen LogP) is 4.51. The smallest absolute Gasteiger partial charge is 0.123 e. The molecule has 0 aromatic heterocycles. The van der Waals surface area contributed by atoms with E-state index in [-0.39, 0.29) is 11.9 Å². The maximum absolute atomic E-state index is 13.7. The summed E-state index contributed by atoms with van der Waals surface area (Å²) in [5, 5.41) is 3.25. The average molecular weight is 292 g/mol. The summed E-state index contributed by atoms with van der Waals surface area (Å²) >= 11 is 0. The SMILES string of the molecule is CNC(C)c1cc(F)ccc1N(CC(C)C)C1CCCC1. The third-order valence-electron chi connectivity index (χ3n) is 4.53. The highest BCUT2D eigenvalue weighted by molar-refractivity contribution is 5.56. The Hall–Kier alpha value is -1.09. The van der Waals surface area contributed by atoms with Crippen molar-refractivity contribution in [2.45, 2.75) is 58.5 Å². The topological polar surface area (TPSA) is 15.3 Å². The van der Waals surface area contributed by atoms with Crippen LogP contribution < -0.4 is 10.2 Å². The van der Waals surface area contributed by atoms with Gasteiger partial charge >= 0.3 is 0 Å². The van der Waals surface area contributed by atoms with Crippen LogP contribution in [-0.2, 0) is 0 Å². The lowest BCUT2D eigenvalue weighted by Gasteiger charge is -2.35. The van der Waals surface area contributed by atoms with Gasteiger partial charge in [0.1, 0.15) is 5.82 Å². The van der Waals surface area contributed by atoms with Crippen LogP contribution in [0.25, 0.3) is 0 Å². The molecule has 1 fully saturated rings. The second-order valence-corrected chi connectivity index (χ2v) is 6.70. The fourth-order valence-electron chi connectivity index (χ4n) is 3.34. The minimum absolute atomic E-state index is 0.147. The minimum Gasteiger partial charge on any atom is -0.368 e. The fourth-order valence-corrected chi connectivity index (χ4v) is 3.34. The lowest BCUT2D eigenvalue weighted by atomic mass is 10.0. The molecule has 0 bridgehead atoms. The monoisotopic (exact) mass is 292 g/mol. The Morgan fingerprint density at radius 1 is 1.24 bits per heavy atom. The molecule has 1 aromatic rings. The highest BCUT2D eigenvalue weighted by Crippen LogP contribution is 2.34. The zero-order chi connectivity index (χ0) is 15.4. The summed E-state index contributed by atoms with van der Waals surface area (Å²) in [5.41, 5.74) is 2.28. The van der Waals surface area contributed by atoms with E-state index in [1.165, 1.54) is 31.4 Å². The van der Waals surface area contributed by atoms with Gasteiger partial charge in [0.2, 0.25) is 0 Å². The van der Waals surface area contributed by atoms with Gasteiger partial charge in [-0.25, -0.2) is 4.39 Å². The van der Waals surface area contributed by atoms with Crippen LogP contribution in [0.2, 0.25) is 0 Å². The van der Waals surface area contributed by atoms with Crippen molar-refractivity contribution in [3.8, 4) is 0 Å². The zero-order valence-electron chi connectivity index (χ0n) is 13.8. The first-order chi connectivity index (χ1) is 10.0. The third-order valence-corrected chi connectivity index (χ3v) is 4.53. The summed E-state index contributed by atoms with van der Waals surface area (Å²) in [6, 6.07) is 6.04. The molecular formula is C18H29FN2. The number of rotatable bonds is 6. The van der Waals surface area contributed by atoms with Gasteiger partial charge in [-0.05, 0) is 56.5 Å². The third kappa shape index (κ3) is 3.97. The van der Waals surface area contributed by atoms with Gasteiger partial charge in [0, 0.05) is 24.3 Å². The fraction of sp³-hybridized carbons (Fsp3) is 0.667. The maximum atomic E-state index is 13.7. The molecule has 0 heterocycles. The Morgan fingerprint density at radius 2 is 1.90 bits per heavy atom. The minimum atomic E-state index is -0.147. The number of benzene rings is 1. The average Bonchev–Trinajstić information content (AvgIpc) is 2.98. The summed E-state index contributed by atoms with van der Waals surface area (Å²) in [7, 11) is 1.93. The first-order valence-electron chi connectivity index (χ1n) is 8.26. The van der Waals surface area contributed by atoms with Crippen molar-refractivity contribution in [1.29, 1.82) is 0 Å². The zero-order valence-corrected chi connectivity index (χ0v) is 13.8. The van der Waals surface area contributed by atoms with Gasteiger partial charge in [-0.15, -0.1) is 0 Å². The highest BCUT2D eigenvalue weighted by Gasteiger charge is 2.26. The van der Waals surface area contributed by atoms with E-state index in [4.69, 9.17) is 0 Å². The van der Waals surface area contributed by atoms with Gasteiger partial charge in [0.15, 0.2) is 0 Å². The van der Waals surface area contributed by atoms with Crippen LogP contribution in [0, 0.1) is 11.7 Å². The van der Waals surface area contributed by atoms with Crippen molar-refractivity contribution in [1.82, 2.24) is 5.32 Å². The van der Waals surface area contributed by atoms with Crippen molar-refractivity contribution in [3.63, 3.8) is 0 Å². The van der Waals surface area contributed by atoms with Crippen LogP contribution >= 0.6 is 0 Å². The summed E-state index contributed by atoms with van der Waals surface area (Å²) in [6.07, 6.45) is 5.16. The molecular weight excluding hydrogens is 263 g/mol. The van der Waals surface area contributed by atoms with Gasteiger partial charge in [-0.1, -0.05) is 26.7 Å². The Bertz CT molecular complexity index is 453. The molecule has 0 aliphatic heterocycles. The summed E-state index contributed by atoms with van der Waals surface area (Å²) in [5.74, 6) is 0.458. The van der Waals surface area contributed by atoms with Gasteiger partial charge in [-0.2, -0.15) is 0 Å². The van der Waals surface area contributed by atoms with Crippen LogP contribution in [0.1, 0.15) is 58.1 Å². The predicted molar refractivity (Wildman–Crippen MR) is 88.3 cm³/mol. The van der Waals surface area contributed by atoms with Crippen molar-refractivity contribution < 1.29 is 4.39 Å². The second-order valence-electron chi connectivity index (χ2n) is 6.70. The molecule has 3 heteroatoms. The van der Waals surface area contributed by atoms with Crippen LogP contribution in [0.15, 0.2) is 18.2 Å². The molecule has 1 aliphatic carbocycles. The maximum Gasteiger partial charge on any atom is 0.123 e. The molecule has 0 spiro atoms. The van der Waals surface area contributed by atoms with Crippen molar-refractivity contribution in [2.75, 3.05) is 18.5 Å². The number of halogens is 1. The Morgan fingerprint density at radius 3 is 2.48 bits per heavy atom. The molecule has 0 saturated heterocycles. The van der Waals surface area contributed by atoms with Crippen LogP contribution in [0.3, 0.4) is 0 Å². The summed E-state index contributed by atoms with van der Waals surface area (Å²) < 4.78 is 13.7. The Balaban J connectivity index is 2.38. The van der Waals surface area contributed by atoms with E-state index in [1.54, 1.807) is 12.1 Å². The molecule has 1 saturated carbocycles. The first kappa shape index (κ1) is 16.3. The van der Waals surface area contributed by atoms with Crippen LogP contribution in [0.4, 0.5) is 10.1 Å². The first-order valence-corrected chi connectivity index (χ1v) is 8.26. The molecule has 1 N–H and O–H groups in total. The molecule has 1 unspecified atom stereocenters. The second kappa shape index (κ2) is 7.26. The normalized spacial score (nSPS) is 17.4. The number of hydrogen-bond acceptors (Lipinski definition) is 2. The van der Waals surface area contributed by atoms with E-state index < -0.39 is 0 Å². The van der Waals surface area contributed by atoms with E-state index >= 15 is 0 Å². The Labute approximate surface area is 128 Å². The lowest BCUT2D eigenvalue weighted by molar-refractivity contribution is 0.528. The van der Waals surface area contributed by atoms with Gasteiger partial charge in [0.25, 0.3) is 0 Å². The lowest BCUT2D eigenvalue weighted by Crippen LogP contribution is -2.37.